The van der Waals surface area contributed by atoms with Gasteiger partial charge in [0.05, 0.1) is 11.2 Å². The lowest BCUT2D eigenvalue weighted by Gasteiger charge is -1.98. The Hall–Kier alpha value is -2.13. The predicted octanol–water partition coefficient (Wildman–Crippen LogP) is 4.92. The first-order valence-electron chi connectivity index (χ1n) is 6.44. The fraction of sp³-hybridized carbons (Fsp3) is 0. The van der Waals surface area contributed by atoms with Crippen molar-refractivity contribution in [1.82, 2.24) is 9.61 Å². The Kier molecular flexibility index (Phi) is 2.60. The van der Waals surface area contributed by atoms with Crippen LogP contribution in [0.2, 0.25) is 0 Å². The van der Waals surface area contributed by atoms with Crippen molar-refractivity contribution in [2.24, 2.45) is 0 Å². The van der Waals surface area contributed by atoms with Crippen LogP contribution in [0.1, 0.15) is 0 Å². The van der Waals surface area contributed by atoms with Crippen molar-refractivity contribution in [3.05, 3.63) is 71.3 Å². The van der Waals surface area contributed by atoms with Crippen molar-refractivity contribution in [1.29, 1.82) is 0 Å². The molecule has 96 valence electrons. The van der Waals surface area contributed by atoms with E-state index in [2.05, 4.69) is 69.7 Å². The van der Waals surface area contributed by atoms with E-state index in [0.29, 0.717) is 0 Å². The van der Waals surface area contributed by atoms with Gasteiger partial charge < -0.3 is 0 Å². The summed E-state index contributed by atoms with van der Waals surface area (Å²) in [4.78, 5) is 0. The predicted molar refractivity (Wildman–Crippen MR) is 85.8 cm³/mol. The average molecular weight is 323 g/mol. The zero-order valence-electron chi connectivity index (χ0n) is 10.6. The Morgan fingerprint density at radius 1 is 0.850 bits per heavy atom. The second kappa shape index (κ2) is 4.46. The maximum Gasteiger partial charge on any atom is 0.0933 e. The quantitative estimate of drug-likeness (QED) is 0.486. The molecule has 20 heavy (non-hydrogen) atoms. The van der Waals surface area contributed by atoms with Gasteiger partial charge in [0.2, 0.25) is 0 Å². The number of nitrogens with zero attached hydrogens (tertiary/aromatic N) is 2. The molecule has 0 spiro atoms. The van der Waals surface area contributed by atoms with Gasteiger partial charge in [-0.2, -0.15) is 5.10 Å². The monoisotopic (exact) mass is 322 g/mol. The molecule has 0 saturated carbocycles. The van der Waals surface area contributed by atoms with E-state index in [4.69, 9.17) is 0 Å². The largest absolute Gasteiger partial charge is 0.240 e. The molecular formula is C17H11BrN2. The number of hydrogen-bond donors (Lipinski definition) is 0. The number of halogens is 1. The normalized spacial score (nSPS) is 11.2. The van der Waals surface area contributed by atoms with Gasteiger partial charge in [0.25, 0.3) is 0 Å². The molecule has 0 bridgehead atoms. The van der Waals surface area contributed by atoms with Gasteiger partial charge in [0.1, 0.15) is 0 Å². The van der Waals surface area contributed by atoms with Crippen LogP contribution in [0.25, 0.3) is 27.5 Å². The van der Waals surface area contributed by atoms with Crippen LogP contribution in [0, 0.1) is 0 Å². The summed E-state index contributed by atoms with van der Waals surface area (Å²) in [6.45, 7) is 0. The molecule has 0 fully saturated rings. The maximum atomic E-state index is 4.66. The number of rotatable bonds is 1. The van der Waals surface area contributed by atoms with Gasteiger partial charge in [0, 0.05) is 21.6 Å². The van der Waals surface area contributed by atoms with Crippen LogP contribution in [0.15, 0.2) is 71.3 Å². The molecule has 0 aliphatic heterocycles. The first kappa shape index (κ1) is 11.7. The van der Waals surface area contributed by atoms with Crippen LogP contribution < -0.4 is 0 Å². The molecule has 3 heteroatoms. The van der Waals surface area contributed by atoms with Gasteiger partial charge in [-0.15, -0.1) is 0 Å². The van der Waals surface area contributed by atoms with Gasteiger partial charge in [-0.3, -0.25) is 0 Å². The lowest BCUT2D eigenvalue weighted by molar-refractivity contribution is 0.974. The SMILES string of the molecule is Brc1ccc(-c2cc3cc4ccccc4cn3n2)cc1. The van der Waals surface area contributed by atoms with E-state index in [-0.39, 0.29) is 0 Å². The number of fused-ring (bicyclic) bond motifs is 2. The standard InChI is InChI=1S/C17H11BrN2/c18-15-7-5-12(6-8-15)17-10-16-9-13-3-1-2-4-14(13)11-20(16)19-17/h1-11H. The highest BCUT2D eigenvalue weighted by Gasteiger charge is 2.05. The molecular weight excluding hydrogens is 312 g/mol. The molecule has 2 heterocycles. The Morgan fingerprint density at radius 3 is 2.40 bits per heavy atom. The van der Waals surface area contributed by atoms with Crippen molar-refractivity contribution in [3.63, 3.8) is 0 Å². The Labute approximate surface area is 124 Å². The van der Waals surface area contributed by atoms with E-state index in [0.717, 1.165) is 21.2 Å². The summed E-state index contributed by atoms with van der Waals surface area (Å²) in [5, 5.41) is 7.10. The fourth-order valence-corrected chi connectivity index (χ4v) is 2.70. The van der Waals surface area contributed by atoms with Crippen molar-refractivity contribution in [2.45, 2.75) is 0 Å². The number of aromatic nitrogens is 2. The van der Waals surface area contributed by atoms with Gasteiger partial charge in [-0.25, -0.2) is 4.52 Å². The van der Waals surface area contributed by atoms with Crippen LogP contribution in [0.4, 0.5) is 0 Å². The molecule has 2 aromatic carbocycles. The van der Waals surface area contributed by atoms with Crippen LogP contribution in [0.3, 0.4) is 0 Å². The Morgan fingerprint density at radius 2 is 1.60 bits per heavy atom. The Balaban J connectivity index is 1.93. The smallest absolute Gasteiger partial charge is 0.0933 e. The molecule has 4 aromatic rings. The van der Waals surface area contributed by atoms with Crippen LogP contribution >= 0.6 is 15.9 Å². The molecule has 0 aliphatic rings. The first-order valence-corrected chi connectivity index (χ1v) is 7.23. The number of pyridine rings is 1. The van der Waals surface area contributed by atoms with Gasteiger partial charge in [-0.1, -0.05) is 52.3 Å². The van der Waals surface area contributed by atoms with E-state index in [9.17, 15) is 0 Å². The number of benzene rings is 2. The summed E-state index contributed by atoms with van der Waals surface area (Å²) in [6, 6.07) is 20.9. The summed E-state index contributed by atoms with van der Waals surface area (Å²) in [5.41, 5.74) is 3.23. The third-order valence-electron chi connectivity index (χ3n) is 3.47. The van der Waals surface area contributed by atoms with Gasteiger partial charge >= 0.3 is 0 Å². The van der Waals surface area contributed by atoms with Crippen LogP contribution in [0.5, 0.6) is 0 Å². The van der Waals surface area contributed by atoms with E-state index < -0.39 is 0 Å². The van der Waals surface area contributed by atoms with Crippen molar-refractivity contribution < 1.29 is 0 Å². The molecule has 0 N–H and O–H groups in total. The third kappa shape index (κ3) is 1.91. The highest BCUT2D eigenvalue weighted by atomic mass is 79.9. The Bertz CT molecular complexity index is 855. The maximum absolute atomic E-state index is 4.66. The average Bonchev–Trinajstić information content (AvgIpc) is 2.88. The summed E-state index contributed by atoms with van der Waals surface area (Å²) in [7, 11) is 0. The minimum absolute atomic E-state index is 0.993. The van der Waals surface area contributed by atoms with E-state index in [1.807, 2.05) is 22.7 Å². The highest BCUT2D eigenvalue weighted by Crippen LogP contribution is 2.24. The lowest BCUT2D eigenvalue weighted by Crippen LogP contribution is -1.87. The van der Waals surface area contributed by atoms with Crippen LogP contribution in [-0.4, -0.2) is 9.61 Å². The fourth-order valence-electron chi connectivity index (χ4n) is 2.43. The van der Waals surface area contributed by atoms with Gasteiger partial charge in [0.15, 0.2) is 0 Å². The highest BCUT2D eigenvalue weighted by molar-refractivity contribution is 9.10. The lowest BCUT2D eigenvalue weighted by atomic mass is 10.1. The minimum Gasteiger partial charge on any atom is -0.240 e. The second-order valence-electron chi connectivity index (χ2n) is 4.81. The molecule has 0 amide bonds. The summed E-state index contributed by atoms with van der Waals surface area (Å²) < 4.78 is 3.02. The molecule has 2 nitrogen and oxygen atoms in total. The van der Waals surface area contributed by atoms with E-state index in [1.54, 1.807) is 0 Å². The van der Waals surface area contributed by atoms with Crippen molar-refractivity contribution >= 4 is 32.2 Å². The zero-order chi connectivity index (χ0) is 13.5. The minimum atomic E-state index is 0.993. The summed E-state index contributed by atoms with van der Waals surface area (Å²) >= 11 is 3.46. The third-order valence-corrected chi connectivity index (χ3v) is 3.99. The second-order valence-corrected chi connectivity index (χ2v) is 5.72. The number of hydrogen-bond acceptors (Lipinski definition) is 1. The summed E-state index contributed by atoms with van der Waals surface area (Å²) in [5.74, 6) is 0. The first-order chi connectivity index (χ1) is 9.79. The molecule has 0 saturated heterocycles. The molecule has 0 radical (unpaired) electrons. The molecule has 2 aromatic heterocycles. The van der Waals surface area contributed by atoms with Gasteiger partial charge in [-0.05, 0) is 29.7 Å². The van der Waals surface area contributed by atoms with E-state index >= 15 is 0 Å². The van der Waals surface area contributed by atoms with E-state index in [1.165, 1.54) is 10.8 Å². The zero-order valence-corrected chi connectivity index (χ0v) is 12.2. The molecule has 4 rings (SSSR count). The van der Waals surface area contributed by atoms with Crippen molar-refractivity contribution in [3.8, 4) is 11.3 Å². The topological polar surface area (TPSA) is 17.3 Å². The molecule has 0 unspecified atom stereocenters. The van der Waals surface area contributed by atoms with Crippen molar-refractivity contribution in [2.75, 3.05) is 0 Å². The van der Waals surface area contributed by atoms with Crippen LogP contribution in [-0.2, 0) is 0 Å². The molecule has 0 atom stereocenters. The summed E-state index contributed by atoms with van der Waals surface area (Å²) in [6.07, 6.45) is 2.08. The molecule has 0 aliphatic carbocycles.